The molecule has 1 fully saturated rings. The van der Waals surface area contributed by atoms with Crippen molar-refractivity contribution in [3.8, 4) is 0 Å². The Labute approximate surface area is 124 Å². The van der Waals surface area contributed by atoms with Gasteiger partial charge in [0, 0.05) is 23.8 Å². The number of carbonyl (C=O) groups is 2. The summed E-state index contributed by atoms with van der Waals surface area (Å²) in [5.74, 6) is -0.0793. The number of fused-ring (bicyclic) bond motifs is 1. The molecule has 0 saturated carbocycles. The van der Waals surface area contributed by atoms with Crippen LogP contribution in [0.4, 0.5) is 5.69 Å². The molecular weight excluding hydrogens is 266 g/mol. The van der Waals surface area contributed by atoms with Gasteiger partial charge in [0.25, 0.3) is 5.91 Å². The van der Waals surface area contributed by atoms with Gasteiger partial charge in [-0.3, -0.25) is 9.59 Å². The Kier molecular flexibility index (Phi) is 3.92. The van der Waals surface area contributed by atoms with E-state index in [1.54, 1.807) is 12.1 Å². The number of hydrogen-bond acceptors (Lipinski definition) is 3. The third kappa shape index (κ3) is 3.08. The van der Waals surface area contributed by atoms with Crippen molar-refractivity contribution in [2.24, 2.45) is 0 Å². The van der Waals surface area contributed by atoms with E-state index in [9.17, 15) is 9.59 Å². The van der Waals surface area contributed by atoms with E-state index in [0.717, 1.165) is 24.2 Å². The number of benzene rings is 1. The van der Waals surface area contributed by atoms with Crippen molar-refractivity contribution in [2.45, 2.75) is 31.7 Å². The predicted octanol–water partition coefficient (Wildman–Crippen LogP) is 1.40. The van der Waals surface area contributed by atoms with E-state index in [2.05, 4.69) is 22.6 Å². The van der Waals surface area contributed by atoms with E-state index in [0.29, 0.717) is 24.6 Å². The molecule has 1 unspecified atom stereocenters. The summed E-state index contributed by atoms with van der Waals surface area (Å²) in [6.07, 6.45) is 4.02. The summed E-state index contributed by atoms with van der Waals surface area (Å²) in [7, 11) is 2.11. The van der Waals surface area contributed by atoms with Crippen molar-refractivity contribution < 1.29 is 9.59 Å². The fourth-order valence-corrected chi connectivity index (χ4v) is 3.07. The number of likely N-dealkylation sites (tertiary alicyclic amines) is 1. The van der Waals surface area contributed by atoms with Gasteiger partial charge in [-0.15, -0.1) is 0 Å². The third-order valence-corrected chi connectivity index (χ3v) is 4.42. The summed E-state index contributed by atoms with van der Waals surface area (Å²) in [5.41, 5.74) is 2.33. The second-order valence-electron chi connectivity index (χ2n) is 5.94. The lowest BCUT2D eigenvalue weighted by Crippen LogP contribution is -2.44. The Balaban J connectivity index is 1.61. The fraction of sp³-hybridized carbons (Fsp3) is 0.500. The molecule has 2 aliphatic rings. The van der Waals surface area contributed by atoms with Crippen LogP contribution in [0, 0.1) is 0 Å². The second-order valence-corrected chi connectivity index (χ2v) is 5.94. The number of carbonyl (C=O) groups excluding carboxylic acids is 2. The monoisotopic (exact) mass is 287 g/mol. The van der Waals surface area contributed by atoms with E-state index in [1.165, 1.54) is 12.8 Å². The minimum Gasteiger partial charge on any atom is -0.350 e. The number of piperidine rings is 1. The highest BCUT2D eigenvalue weighted by molar-refractivity contribution is 6.02. The van der Waals surface area contributed by atoms with Crippen molar-refractivity contribution in [3.63, 3.8) is 0 Å². The van der Waals surface area contributed by atoms with Crippen LogP contribution in [0.1, 0.15) is 35.2 Å². The number of amides is 2. The zero-order valence-electron chi connectivity index (χ0n) is 12.3. The summed E-state index contributed by atoms with van der Waals surface area (Å²) in [4.78, 5) is 25.9. The first-order chi connectivity index (χ1) is 10.1. The molecule has 5 nitrogen and oxygen atoms in total. The molecule has 3 rings (SSSR count). The van der Waals surface area contributed by atoms with Gasteiger partial charge in [0.2, 0.25) is 5.91 Å². The zero-order valence-corrected chi connectivity index (χ0v) is 12.3. The van der Waals surface area contributed by atoms with Crippen LogP contribution in [0.5, 0.6) is 0 Å². The van der Waals surface area contributed by atoms with Crippen LogP contribution in [0.25, 0.3) is 0 Å². The number of anilines is 1. The smallest absolute Gasteiger partial charge is 0.251 e. The van der Waals surface area contributed by atoms with Gasteiger partial charge in [0.15, 0.2) is 0 Å². The molecule has 0 radical (unpaired) electrons. The lowest BCUT2D eigenvalue weighted by Gasteiger charge is -2.32. The summed E-state index contributed by atoms with van der Waals surface area (Å²) in [6.45, 7) is 1.78. The summed E-state index contributed by atoms with van der Waals surface area (Å²) in [6, 6.07) is 5.84. The van der Waals surface area contributed by atoms with Gasteiger partial charge in [0.05, 0.1) is 6.42 Å². The predicted molar refractivity (Wildman–Crippen MR) is 81.4 cm³/mol. The molecule has 2 amide bonds. The first-order valence-corrected chi connectivity index (χ1v) is 7.55. The molecule has 1 atom stereocenters. The standard InChI is InChI=1S/C16H21N3O2/c1-19-7-3-2-4-13(19)10-17-16(21)12-6-5-11-9-15(20)18-14(11)8-12/h5-6,8,13H,2-4,7,9-10H2,1H3,(H,17,21)(H,18,20). The van der Waals surface area contributed by atoms with Gasteiger partial charge >= 0.3 is 0 Å². The average Bonchev–Trinajstić information content (AvgIpc) is 2.85. The molecule has 2 heterocycles. The highest BCUT2D eigenvalue weighted by atomic mass is 16.2. The molecule has 1 aromatic rings. The molecule has 0 bridgehead atoms. The first kappa shape index (κ1) is 14.1. The van der Waals surface area contributed by atoms with Crippen LogP contribution in [-0.4, -0.2) is 42.9 Å². The summed E-state index contributed by atoms with van der Waals surface area (Å²) >= 11 is 0. The Morgan fingerprint density at radius 3 is 3.10 bits per heavy atom. The fourth-order valence-electron chi connectivity index (χ4n) is 3.07. The van der Waals surface area contributed by atoms with E-state index in [4.69, 9.17) is 0 Å². The van der Waals surface area contributed by atoms with Crippen LogP contribution in [0.15, 0.2) is 18.2 Å². The molecule has 1 aromatic carbocycles. The molecule has 5 heteroatoms. The molecule has 21 heavy (non-hydrogen) atoms. The Morgan fingerprint density at radius 2 is 2.29 bits per heavy atom. The lowest BCUT2D eigenvalue weighted by molar-refractivity contribution is -0.115. The van der Waals surface area contributed by atoms with Gasteiger partial charge in [-0.25, -0.2) is 0 Å². The van der Waals surface area contributed by atoms with Gasteiger partial charge < -0.3 is 15.5 Å². The molecule has 1 saturated heterocycles. The number of nitrogens with zero attached hydrogens (tertiary/aromatic N) is 1. The van der Waals surface area contributed by atoms with Crippen LogP contribution in [0.3, 0.4) is 0 Å². The third-order valence-electron chi connectivity index (χ3n) is 4.42. The quantitative estimate of drug-likeness (QED) is 0.883. The highest BCUT2D eigenvalue weighted by Gasteiger charge is 2.21. The molecule has 0 spiro atoms. The minimum absolute atomic E-state index is 0.00797. The van der Waals surface area contributed by atoms with Crippen molar-refractivity contribution in [1.82, 2.24) is 10.2 Å². The van der Waals surface area contributed by atoms with Crippen molar-refractivity contribution >= 4 is 17.5 Å². The number of nitrogens with one attached hydrogen (secondary N) is 2. The van der Waals surface area contributed by atoms with Crippen LogP contribution < -0.4 is 10.6 Å². The average molecular weight is 287 g/mol. The van der Waals surface area contributed by atoms with Crippen molar-refractivity contribution in [1.29, 1.82) is 0 Å². The molecule has 2 aliphatic heterocycles. The maximum atomic E-state index is 12.2. The lowest BCUT2D eigenvalue weighted by atomic mass is 10.0. The molecule has 112 valence electrons. The second kappa shape index (κ2) is 5.85. The van der Waals surface area contributed by atoms with E-state index in [-0.39, 0.29) is 11.8 Å². The van der Waals surface area contributed by atoms with E-state index in [1.807, 2.05) is 6.07 Å². The summed E-state index contributed by atoms with van der Waals surface area (Å²) < 4.78 is 0. The van der Waals surface area contributed by atoms with Crippen LogP contribution in [-0.2, 0) is 11.2 Å². The van der Waals surface area contributed by atoms with Crippen molar-refractivity contribution in [3.05, 3.63) is 29.3 Å². The van der Waals surface area contributed by atoms with Gasteiger partial charge in [0.1, 0.15) is 0 Å². The molecule has 0 aromatic heterocycles. The number of likely N-dealkylation sites (N-methyl/N-ethyl adjacent to an activating group) is 1. The molecule has 2 N–H and O–H groups in total. The van der Waals surface area contributed by atoms with Gasteiger partial charge in [-0.1, -0.05) is 12.5 Å². The van der Waals surface area contributed by atoms with E-state index < -0.39 is 0 Å². The topological polar surface area (TPSA) is 61.4 Å². The Bertz CT molecular complexity index is 571. The largest absolute Gasteiger partial charge is 0.350 e. The minimum atomic E-state index is -0.0714. The molecular formula is C16H21N3O2. The zero-order chi connectivity index (χ0) is 14.8. The Morgan fingerprint density at radius 1 is 1.43 bits per heavy atom. The normalized spacial score (nSPS) is 21.8. The van der Waals surface area contributed by atoms with Gasteiger partial charge in [-0.2, -0.15) is 0 Å². The van der Waals surface area contributed by atoms with E-state index >= 15 is 0 Å². The summed E-state index contributed by atoms with van der Waals surface area (Å²) in [5, 5.41) is 5.79. The maximum Gasteiger partial charge on any atom is 0.251 e. The first-order valence-electron chi connectivity index (χ1n) is 7.55. The maximum absolute atomic E-state index is 12.2. The SMILES string of the molecule is CN1CCCCC1CNC(=O)c1ccc2c(c1)NC(=O)C2. The van der Waals surface area contributed by atoms with Gasteiger partial charge in [-0.05, 0) is 44.1 Å². The Hall–Kier alpha value is -1.88. The number of rotatable bonds is 3. The highest BCUT2D eigenvalue weighted by Crippen LogP contribution is 2.24. The molecule has 0 aliphatic carbocycles. The number of hydrogen-bond donors (Lipinski definition) is 2. The van der Waals surface area contributed by atoms with Crippen LogP contribution in [0.2, 0.25) is 0 Å². The van der Waals surface area contributed by atoms with Crippen LogP contribution >= 0.6 is 0 Å². The van der Waals surface area contributed by atoms with Crippen molar-refractivity contribution in [2.75, 3.05) is 25.5 Å².